The fourth-order valence-corrected chi connectivity index (χ4v) is 5.83. The molecule has 3 aromatic carbocycles. The summed E-state index contributed by atoms with van der Waals surface area (Å²) in [6, 6.07) is 20.1. The maximum Gasteiger partial charge on any atom is 0.243 e. The molecule has 4 rings (SSSR count). The normalized spacial score (nSPS) is 14.2. The average molecular weight is 598 g/mol. The Kier molecular flexibility index (Phi) is 11.3. The Bertz CT molecular complexity index is 1310. The van der Waals surface area contributed by atoms with E-state index in [0.717, 1.165) is 42.4 Å². The van der Waals surface area contributed by atoms with Crippen molar-refractivity contribution in [3.05, 3.63) is 93.5 Å². The Morgan fingerprint density at radius 1 is 0.902 bits per heavy atom. The fraction of sp³-hybridized carbons (Fsp3) is 0.394. The first-order valence-electron chi connectivity index (χ1n) is 14.2. The van der Waals surface area contributed by atoms with Gasteiger partial charge in [0.15, 0.2) is 11.5 Å². The van der Waals surface area contributed by atoms with Gasteiger partial charge in [-0.05, 0) is 60.2 Å². The number of amides is 2. The number of rotatable bonds is 12. The molecule has 0 heterocycles. The van der Waals surface area contributed by atoms with Crippen LogP contribution in [0, 0.1) is 0 Å². The lowest BCUT2D eigenvalue weighted by atomic mass is 9.94. The number of methoxy groups -OCH3 is 2. The molecule has 0 unspecified atom stereocenters. The predicted molar refractivity (Wildman–Crippen MR) is 164 cm³/mol. The summed E-state index contributed by atoms with van der Waals surface area (Å²) in [5.74, 6) is 0.968. The fourth-order valence-electron chi connectivity index (χ4n) is 5.36. The summed E-state index contributed by atoms with van der Waals surface area (Å²) >= 11 is 12.7. The number of benzene rings is 3. The molecule has 6 nitrogen and oxygen atoms in total. The standard InChI is InChI=1S/C33H38Cl2N2O4/c1-40-30-17-13-24(20-31(30)41-2)14-18-32(38)37(22-25-15-16-26(34)21-28(25)35)29(19-23-9-5-3-6-10-23)33(39)36-27-11-7-4-8-12-27/h3,5-6,9-10,13,15-17,20-21,27,29H,4,7-8,11-12,14,18-19,22H2,1-2H3,(H,36,39)/t29-/m1/s1. The molecule has 1 atom stereocenters. The Balaban J connectivity index is 1.63. The largest absolute Gasteiger partial charge is 0.493 e. The van der Waals surface area contributed by atoms with Crippen LogP contribution in [0.2, 0.25) is 10.0 Å². The Morgan fingerprint density at radius 3 is 2.32 bits per heavy atom. The molecular weight excluding hydrogens is 559 g/mol. The van der Waals surface area contributed by atoms with Crippen LogP contribution in [0.3, 0.4) is 0 Å². The van der Waals surface area contributed by atoms with Crippen molar-refractivity contribution < 1.29 is 19.1 Å². The quantitative estimate of drug-likeness (QED) is 0.244. The van der Waals surface area contributed by atoms with Crippen LogP contribution in [0.1, 0.15) is 55.2 Å². The van der Waals surface area contributed by atoms with E-state index in [4.69, 9.17) is 32.7 Å². The Labute approximate surface area is 252 Å². The second-order valence-corrected chi connectivity index (χ2v) is 11.3. The van der Waals surface area contributed by atoms with Gasteiger partial charge in [-0.15, -0.1) is 0 Å². The molecule has 1 aliphatic rings. The van der Waals surface area contributed by atoms with Gasteiger partial charge < -0.3 is 19.7 Å². The summed E-state index contributed by atoms with van der Waals surface area (Å²) in [5, 5.41) is 4.24. The monoisotopic (exact) mass is 596 g/mol. The smallest absolute Gasteiger partial charge is 0.243 e. The lowest BCUT2D eigenvalue weighted by Crippen LogP contribution is -2.53. The van der Waals surface area contributed by atoms with Gasteiger partial charge in [0.05, 0.1) is 14.2 Å². The van der Waals surface area contributed by atoms with Crippen molar-refractivity contribution >= 4 is 35.0 Å². The van der Waals surface area contributed by atoms with E-state index >= 15 is 0 Å². The van der Waals surface area contributed by atoms with E-state index < -0.39 is 6.04 Å². The minimum Gasteiger partial charge on any atom is -0.493 e. The number of hydrogen-bond donors (Lipinski definition) is 1. The van der Waals surface area contributed by atoms with Gasteiger partial charge in [0.25, 0.3) is 0 Å². The van der Waals surface area contributed by atoms with Crippen molar-refractivity contribution in [3.63, 3.8) is 0 Å². The average Bonchev–Trinajstić information content (AvgIpc) is 2.99. The van der Waals surface area contributed by atoms with E-state index in [0.29, 0.717) is 34.4 Å². The first-order chi connectivity index (χ1) is 19.9. The molecule has 0 aliphatic heterocycles. The predicted octanol–water partition coefficient (Wildman–Crippen LogP) is 7.03. The molecule has 3 aromatic rings. The van der Waals surface area contributed by atoms with Crippen LogP contribution < -0.4 is 14.8 Å². The van der Waals surface area contributed by atoms with E-state index in [1.54, 1.807) is 31.3 Å². The van der Waals surface area contributed by atoms with Gasteiger partial charge in [0, 0.05) is 35.5 Å². The van der Waals surface area contributed by atoms with Crippen LogP contribution in [0.5, 0.6) is 11.5 Å². The van der Waals surface area contributed by atoms with Crippen molar-refractivity contribution in [2.24, 2.45) is 0 Å². The van der Waals surface area contributed by atoms with Crippen molar-refractivity contribution in [2.45, 2.75) is 70.0 Å². The zero-order chi connectivity index (χ0) is 29.2. The first kappa shape index (κ1) is 30.7. The zero-order valence-electron chi connectivity index (χ0n) is 23.7. The maximum absolute atomic E-state index is 14.0. The van der Waals surface area contributed by atoms with Crippen molar-refractivity contribution in [1.82, 2.24) is 10.2 Å². The lowest BCUT2D eigenvalue weighted by molar-refractivity contribution is -0.141. The number of hydrogen-bond acceptors (Lipinski definition) is 4. The topological polar surface area (TPSA) is 67.9 Å². The molecule has 1 saturated carbocycles. The van der Waals surface area contributed by atoms with Crippen LogP contribution in [0.15, 0.2) is 66.7 Å². The summed E-state index contributed by atoms with van der Waals surface area (Å²) in [5.41, 5.74) is 2.65. The van der Waals surface area contributed by atoms with Crippen molar-refractivity contribution in [3.8, 4) is 11.5 Å². The van der Waals surface area contributed by atoms with Gasteiger partial charge in [0.2, 0.25) is 11.8 Å². The number of halogens is 2. The number of nitrogens with one attached hydrogen (secondary N) is 1. The Morgan fingerprint density at radius 2 is 1.63 bits per heavy atom. The molecule has 0 bridgehead atoms. The number of carbonyl (C=O) groups is 2. The van der Waals surface area contributed by atoms with Gasteiger partial charge in [-0.2, -0.15) is 0 Å². The molecule has 8 heteroatoms. The molecule has 1 aliphatic carbocycles. The first-order valence-corrected chi connectivity index (χ1v) is 14.9. The summed E-state index contributed by atoms with van der Waals surface area (Å²) in [6.45, 7) is 0.191. The highest BCUT2D eigenvalue weighted by Crippen LogP contribution is 2.29. The molecular formula is C33H38Cl2N2O4. The summed E-state index contributed by atoms with van der Waals surface area (Å²) in [6.07, 6.45) is 6.39. The third-order valence-corrected chi connectivity index (χ3v) is 8.24. The van der Waals surface area contributed by atoms with E-state index in [-0.39, 0.29) is 30.8 Å². The van der Waals surface area contributed by atoms with Crippen LogP contribution in [0.25, 0.3) is 0 Å². The van der Waals surface area contributed by atoms with Gasteiger partial charge in [-0.3, -0.25) is 9.59 Å². The molecule has 2 amide bonds. The number of carbonyl (C=O) groups excluding carboxylic acids is 2. The highest BCUT2D eigenvalue weighted by atomic mass is 35.5. The van der Waals surface area contributed by atoms with Gasteiger partial charge in [0.1, 0.15) is 6.04 Å². The third kappa shape index (κ3) is 8.64. The summed E-state index contributed by atoms with van der Waals surface area (Å²) in [4.78, 5) is 29.6. The van der Waals surface area contributed by atoms with Crippen LogP contribution >= 0.6 is 23.2 Å². The van der Waals surface area contributed by atoms with Crippen molar-refractivity contribution in [2.75, 3.05) is 14.2 Å². The lowest BCUT2D eigenvalue weighted by Gasteiger charge is -2.34. The number of aryl methyl sites for hydroxylation is 1. The van der Waals surface area contributed by atoms with E-state index in [1.165, 1.54) is 6.42 Å². The van der Waals surface area contributed by atoms with Crippen LogP contribution in [-0.4, -0.2) is 43.0 Å². The highest BCUT2D eigenvalue weighted by molar-refractivity contribution is 6.35. The van der Waals surface area contributed by atoms with Gasteiger partial charge in [-0.1, -0.05) is 84.9 Å². The second-order valence-electron chi connectivity index (χ2n) is 10.5. The number of nitrogens with zero attached hydrogens (tertiary/aromatic N) is 1. The summed E-state index contributed by atoms with van der Waals surface area (Å²) < 4.78 is 10.8. The molecule has 0 saturated heterocycles. The van der Waals surface area contributed by atoms with Crippen LogP contribution in [-0.2, 0) is 29.0 Å². The molecule has 218 valence electrons. The summed E-state index contributed by atoms with van der Waals surface area (Å²) in [7, 11) is 3.18. The molecule has 0 spiro atoms. The van der Waals surface area contributed by atoms with Gasteiger partial charge in [-0.25, -0.2) is 0 Å². The van der Waals surface area contributed by atoms with E-state index in [2.05, 4.69) is 5.32 Å². The second kappa shape index (κ2) is 15.1. The van der Waals surface area contributed by atoms with Crippen molar-refractivity contribution in [1.29, 1.82) is 0 Å². The van der Waals surface area contributed by atoms with Gasteiger partial charge >= 0.3 is 0 Å². The highest BCUT2D eigenvalue weighted by Gasteiger charge is 2.32. The van der Waals surface area contributed by atoms with E-state index in [1.807, 2.05) is 54.6 Å². The zero-order valence-corrected chi connectivity index (χ0v) is 25.2. The van der Waals surface area contributed by atoms with Crippen LogP contribution in [0.4, 0.5) is 0 Å². The minimum absolute atomic E-state index is 0.123. The molecule has 0 radical (unpaired) electrons. The third-order valence-electron chi connectivity index (χ3n) is 7.65. The molecule has 1 N–H and O–H groups in total. The molecule has 0 aromatic heterocycles. The number of ether oxygens (including phenoxy) is 2. The maximum atomic E-state index is 14.0. The minimum atomic E-state index is -0.705. The molecule has 41 heavy (non-hydrogen) atoms. The SMILES string of the molecule is COc1ccc(CCC(=O)N(Cc2ccc(Cl)cc2Cl)[C@H](Cc2ccccc2)C(=O)NC2CCCCC2)cc1OC. The Hall–Kier alpha value is -3.22. The molecule has 1 fully saturated rings. The van der Waals surface area contributed by atoms with E-state index in [9.17, 15) is 9.59 Å².